The summed E-state index contributed by atoms with van der Waals surface area (Å²) in [6.45, 7) is 2.39. The van der Waals surface area contributed by atoms with Gasteiger partial charge in [-0.3, -0.25) is 9.59 Å². The van der Waals surface area contributed by atoms with Crippen LogP contribution in [-0.4, -0.2) is 87.7 Å². The number of aliphatic hydroxyl groups is 3. The minimum atomic E-state index is -1.20. The van der Waals surface area contributed by atoms with Crippen LogP contribution in [0.4, 0.5) is 4.79 Å². The van der Waals surface area contributed by atoms with E-state index in [1.54, 1.807) is 0 Å². The Labute approximate surface area is 276 Å². The van der Waals surface area contributed by atoms with Crippen LogP contribution in [0.2, 0.25) is 0 Å². The number of hydrogen-bond donors (Lipinski definition) is 7. The van der Waals surface area contributed by atoms with Gasteiger partial charge < -0.3 is 36.6 Å². The second kappa shape index (κ2) is 24.6. The largest absolute Gasteiger partial charge is 0.394 e. The highest BCUT2D eigenvalue weighted by Crippen LogP contribution is 2.33. The molecule has 0 aliphatic carbocycles. The Hall–Kier alpha value is -1.56. The maximum Gasteiger partial charge on any atom is 0.315 e. The number of hydrogen-bond acceptors (Lipinski definition) is 7. The minimum Gasteiger partial charge on any atom is -0.394 e. The lowest BCUT2D eigenvalue weighted by atomic mass is 9.99. The van der Waals surface area contributed by atoms with Crippen molar-refractivity contribution in [3.8, 4) is 0 Å². The van der Waals surface area contributed by atoms with E-state index in [9.17, 15) is 29.7 Å². The average molecular weight is 657 g/mol. The van der Waals surface area contributed by atoms with Crippen molar-refractivity contribution in [1.29, 1.82) is 0 Å². The number of nitrogens with one attached hydrogen (secondary N) is 4. The standard InChI is InChI=1S/C34H64N4O6S/c1-2-3-4-5-6-7-8-9-10-11-12-14-19-28(40)33(43)26(24-39)36-31(42)22-15-13-18-23-35-30(41)21-17-16-20-29-32-27(25-45-29)37-34(44)38-32/h26-29,32-33,39-40,43H,2-25H2,1H3,(H,35,41)(H,36,42)(H2,37,38,44)/t26-,27-,28+,29-,32-,33-/m0/s1. The summed E-state index contributed by atoms with van der Waals surface area (Å²) in [5.74, 6) is 0.736. The van der Waals surface area contributed by atoms with E-state index in [-0.39, 0.29) is 36.3 Å². The molecule has 0 saturated carbocycles. The number of thioether (sulfide) groups is 1. The van der Waals surface area contributed by atoms with E-state index in [2.05, 4.69) is 28.2 Å². The van der Waals surface area contributed by atoms with Crippen LogP contribution in [0.15, 0.2) is 0 Å². The molecule has 0 aromatic carbocycles. The van der Waals surface area contributed by atoms with Crippen LogP contribution >= 0.6 is 11.8 Å². The first kappa shape index (κ1) is 39.6. The molecule has 10 nitrogen and oxygen atoms in total. The summed E-state index contributed by atoms with van der Waals surface area (Å²) in [7, 11) is 0. The fourth-order valence-corrected chi connectivity index (χ4v) is 7.87. The van der Waals surface area contributed by atoms with Crippen LogP contribution in [0.3, 0.4) is 0 Å². The normalized spacial score (nSPS) is 21.1. The molecule has 6 atom stereocenters. The molecule has 2 rings (SSSR count). The maximum absolute atomic E-state index is 12.4. The van der Waals surface area contributed by atoms with Crippen LogP contribution in [0.25, 0.3) is 0 Å². The van der Waals surface area contributed by atoms with E-state index in [1.165, 1.54) is 57.8 Å². The third-order valence-electron chi connectivity index (χ3n) is 9.19. The molecule has 2 fully saturated rings. The molecule has 0 unspecified atom stereocenters. The second-order valence-electron chi connectivity index (χ2n) is 13.1. The monoisotopic (exact) mass is 656 g/mol. The van der Waals surface area contributed by atoms with Crippen molar-refractivity contribution in [2.24, 2.45) is 0 Å². The van der Waals surface area contributed by atoms with Gasteiger partial charge in [0.15, 0.2) is 0 Å². The van der Waals surface area contributed by atoms with Crippen molar-refractivity contribution in [2.45, 2.75) is 177 Å². The van der Waals surface area contributed by atoms with Gasteiger partial charge in [-0.05, 0) is 32.1 Å². The minimum absolute atomic E-state index is 0.0439. The van der Waals surface area contributed by atoms with Crippen molar-refractivity contribution in [3.63, 3.8) is 0 Å². The third kappa shape index (κ3) is 17.2. The summed E-state index contributed by atoms with van der Waals surface area (Å²) in [6, 6.07) is -0.514. The van der Waals surface area contributed by atoms with Crippen molar-refractivity contribution >= 4 is 29.6 Å². The predicted octanol–water partition coefficient (Wildman–Crippen LogP) is 4.68. The van der Waals surface area contributed by atoms with E-state index >= 15 is 0 Å². The maximum atomic E-state index is 12.4. The lowest BCUT2D eigenvalue weighted by Crippen LogP contribution is -2.50. The van der Waals surface area contributed by atoms with Crippen LogP contribution in [-0.2, 0) is 9.59 Å². The van der Waals surface area contributed by atoms with Crippen LogP contribution in [0, 0.1) is 0 Å². The summed E-state index contributed by atoms with van der Waals surface area (Å²) in [5.41, 5.74) is 0. The molecular formula is C34H64N4O6S. The Morgan fingerprint density at radius 3 is 2.09 bits per heavy atom. The molecular weight excluding hydrogens is 592 g/mol. The van der Waals surface area contributed by atoms with Crippen LogP contribution in [0.1, 0.15) is 142 Å². The zero-order chi connectivity index (χ0) is 32.7. The van der Waals surface area contributed by atoms with Gasteiger partial charge in [-0.2, -0.15) is 11.8 Å². The molecule has 262 valence electrons. The molecule has 2 saturated heterocycles. The fourth-order valence-electron chi connectivity index (χ4n) is 6.33. The SMILES string of the molecule is CCCCCCCCCCCCCC[C@@H](O)[C@@H](O)[C@H](CO)NC(=O)CCCCCNC(=O)CCCC[C@@H]1SC[C@@H]2NC(=O)N[C@@H]21. The molecule has 2 aliphatic heterocycles. The number of aliphatic hydroxyl groups excluding tert-OH is 3. The Kier molecular flexibility index (Phi) is 21.7. The summed E-state index contributed by atoms with van der Waals surface area (Å²) in [6.07, 6.45) is 18.8. The number of unbranched alkanes of at least 4 members (excludes halogenated alkanes) is 14. The van der Waals surface area contributed by atoms with Gasteiger partial charge in [-0.1, -0.05) is 96.8 Å². The van der Waals surface area contributed by atoms with Gasteiger partial charge in [0.2, 0.25) is 11.8 Å². The number of carbonyl (C=O) groups excluding carboxylic acids is 3. The number of urea groups is 1. The number of amides is 4. The van der Waals surface area contributed by atoms with E-state index < -0.39 is 24.9 Å². The van der Waals surface area contributed by atoms with Crippen molar-refractivity contribution < 1.29 is 29.7 Å². The highest BCUT2D eigenvalue weighted by molar-refractivity contribution is 8.00. The fraction of sp³-hybridized carbons (Fsp3) is 0.912. The molecule has 0 aromatic heterocycles. The molecule has 0 aromatic rings. The number of carbonyl (C=O) groups is 3. The quantitative estimate of drug-likeness (QED) is 0.0476. The Balaban J connectivity index is 1.41. The molecule has 7 N–H and O–H groups in total. The van der Waals surface area contributed by atoms with Gasteiger partial charge in [-0.25, -0.2) is 4.79 Å². The van der Waals surface area contributed by atoms with Crippen LogP contribution in [0.5, 0.6) is 0 Å². The van der Waals surface area contributed by atoms with Gasteiger partial charge in [0, 0.05) is 30.4 Å². The first-order chi connectivity index (χ1) is 21.8. The predicted molar refractivity (Wildman–Crippen MR) is 182 cm³/mol. The Morgan fingerprint density at radius 1 is 0.822 bits per heavy atom. The number of rotatable bonds is 28. The summed E-state index contributed by atoms with van der Waals surface area (Å²) in [5, 5.41) is 42.6. The van der Waals surface area contributed by atoms with Gasteiger partial charge in [0.05, 0.1) is 30.8 Å². The first-order valence-electron chi connectivity index (χ1n) is 18.1. The van der Waals surface area contributed by atoms with Crippen LogP contribution < -0.4 is 21.3 Å². The topological polar surface area (TPSA) is 160 Å². The zero-order valence-electron chi connectivity index (χ0n) is 27.9. The zero-order valence-corrected chi connectivity index (χ0v) is 28.7. The molecule has 2 heterocycles. The number of fused-ring (bicyclic) bond motifs is 1. The van der Waals surface area contributed by atoms with Gasteiger partial charge in [0.1, 0.15) is 6.10 Å². The van der Waals surface area contributed by atoms with E-state index in [0.29, 0.717) is 31.1 Å². The molecule has 11 heteroatoms. The Bertz CT molecular complexity index is 822. The molecule has 2 aliphatic rings. The Morgan fingerprint density at radius 2 is 1.42 bits per heavy atom. The lowest BCUT2D eigenvalue weighted by Gasteiger charge is -2.26. The van der Waals surface area contributed by atoms with E-state index in [0.717, 1.165) is 57.1 Å². The summed E-state index contributed by atoms with van der Waals surface area (Å²) < 4.78 is 0. The second-order valence-corrected chi connectivity index (χ2v) is 14.4. The highest BCUT2D eigenvalue weighted by atomic mass is 32.2. The van der Waals surface area contributed by atoms with Crippen molar-refractivity contribution in [3.05, 3.63) is 0 Å². The molecule has 0 spiro atoms. The molecule has 0 bridgehead atoms. The molecule has 4 amide bonds. The smallest absolute Gasteiger partial charge is 0.315 e. The molecule has 45 heavy (non-hydrogen) atoms. The first-order valence-corrected chi connectivity index (χ1v) is 19.1. The summed E-state index contributed by atoms with van der Waals surface area (Å²) in [4.78, 5) is 36.0. The van der Waals surface area contributed by atoms with Gasteiger partial charge >= 0.3 is 6.03 Å². The summed E-state index contributed by atoms with van der Waals surface area (Å²) >= 11 is 1.89. The lowest BCUT2D eigenvalue weighted by molar-refractivity contribution is -0.124. The van der Waals surface area contributed by atoms with Gasteiger partial charge in [0.25, 0.3) is 0 Å². The third-order valence-corrected chi connectivity index (χ3v) is 10.7. The van der Waals surface area contributed by atoms with E-state index in [1.807, 2.05) is 11.8 Å². The van der Waals surface area contributed by atoms with Gasteiger partial charge in [-0.15, -0.1) is 0 Å². The average Bonchev–Trinajstić information content (AvgIpc) is 3.58. The highest BCUT2D eigenvalue weighted by Gasteiger charge is 2.42. The van der Waals surface area contributed by atoms with Crippen molar-refractivity contribution in [1.82, 2.24) is 21.3 Å². The van der Waals surface area contributed by atoms with Crippen molar-refractivity contribution in [2.75, 3.05) is 18.9 Å². The van der Waals surface area contributed by atoms with E-state index in [4.69, 9.17) is 0 Å². The molecule has 0 radical (unpaired) electrons.